The molecule has 1 atom stereocenters. The average Bonchev–Trinajstić information content (AvgIpc) is 2.84. The Kier molecular flexibility index (Phi) is 13.2. The molecule has 0 saturated carbocycles. The van der Waals surface area contributed by atoms with Crippen molar-refractivity contribution in [3.63, 3.8) is 0 Å². The molecule has 208 valence electrons. The zero-order valence-corrected chi connectivity index (χ0v) is 22.7. The van der Waals surface area contributed by atoms with Gasteiger partial charge in [0.2, 0.25) is 0 Å². The van der Waals surface area contributed by atoms with Gasteiger partial charge < -0.3 is 49.5 Å². The van der Waals surface area contributed by atoms with E-state index in [4.69, 9.17) is 14.7 Å². The van der Waals surface area contributed by atoms with Gasteiger partial charge in [-0.25, -0.2) is 9.13 Å². The maximum atomic E-state index is 10.3. The largest absolute Gasteiger partial charge is 0.789 e. The fourth-order valence-electron chi connectivity index (χ4n) is 3.66. The van der Waals surface area contributed by atoms with Gasteiger partial charge >= 0.3 is 15.6 Å². The molecule has 1 unspecified atom stereocenters. The Bertz CT molecular complexity index is 977. The molecule has 2 aromatic carbocycles. The second-order valence-corrected chi connectivity index (χ2v) is 12.1. The number of benzene rings is 2. The van der Waals surface area contributed by atoms with Crippen molar-refractivity contribution in [1.82, 2.24) is 10.6 Å². The SMILES string of the molecule is O=P([O-])([O-])OP(=O)(O)OP(=O)(O)O.c1ccc([NH+]2CCNCC2)cc1.c1ccc([NH+]2CCNCC2)cc1. The second kappa shape index (κ2) is 15.3. The summed E-state index contributed by atoms with van der Waals surface area (Å²) >= 11 is 0. The number of quaternary nitrogens is 2. The minimum atomic E-state index is -5.85. The number of hydrogen-bond donors (Lipinski definition) is 7. The van der Waals surface area contributed by atoms with E-state index in [1.165, 1.54) is 37.6 Å². The molecule has 0 spiro atoms. The van der Waals surface area contributed by atoms with Crippen LogP contribution in [0.25, 0.3) is 0 Å². The second-order valence-electron chi connectivity index (χ2n) is 8.01. The van der Waals surface area contributed by atoms with Crippen LogP contribution in [-0.4, -0.2) is 67.0 Å². The molecule has 37 heavy (non-hydrogen) atoms. The number of phosphoric acid groups is 3. The smallest absolute Gasteiger partial charge is 0.484 e. The van der Waals surface area contributed by atoms with Crippen LogP contribution in [0.3, 0.4) is 0 Å². The fourth-order valence-corrected chi connectivity index (χ4v) is 6.13. The van der Waals surface area contributed by atoms with E-state index in [1.807, 2.05) is 0 Å². The van der Waals surface area contributed by atoms with Crippen LogP contribution in [0.2, 0.25) is 0 Å². The Labute approximate surface area is 215 Å². The van der Waals surface area contributed by atoms with Gasteiger partial charge in [-0.1, -0.05) is 36.4 Å². The standard InChI is InChI=1S/2C10H14N2.H5O10P3/c2*1-2-4-10(5-3-1)12-8-6-11-7-9-12;1-11(2,3)9-13(7,8)10-12(4,5)6/h2*1-5,11H,6-9H2;(H,7,8)(H2,1,2,3)(H2,4,5,6). The van der Waals surface area contributed by atoms with E-state index in [1.54, 1.807) is 9.80 Å². The molecule has 4 rings (SSSR count). The first kappa shape index (κ1) is 31.9. The summed E-state index contributed by atoms with van der Waals surface area (Å²) in [4.78, 5) is 46.7. The van der Waals surface area contributed by atoms with Crippen LogP contribution in [0.5, 0.6) is 0 Å². The average molecular weight is 582 g/mol. The van der Waals surface area contributed by atoms with E-state index >= 15 is 0 Å². The first-order valence-corrected chi connectivity index (χ1v) is 15.9. The Hall–Kier alpha value is -1.31. The molecule has 2 aliphatic rings. The zero-order valence-electron chi connectivity index (χ0n) is 20.0. The van der Waals surface area contributed by atoms with Gasteiger partial charge in [-0.05, 0) is 24.3 Å². The molecule has 0 radical (unpaired) electrons. The van der Waals surface area contributed by atoms with Crippen molar-refractivity contribution >= 4 is 34.8 Å². The van der Waals surface area contributed by atoms with E-state index in [0.29, 0.717) is 0 Å². The first-order valence-electron chi connectivity index (χ1n) is 11.4. The highest BCUT2D eigenvalue weighted by atomic mass is 31.3. The summed E-state index contributed by atoms with van der Waals surface area (Å²) in [6.07, 6.45) is 0. The molecule has 2 heterocycles. The summed E-state index contributed by atoms with van der Waals surface area (Å²) in [5.41, 5.74) is 2.86. The Morgan fingerprint density at radius 2 is 1.00 bits per heavy atom. The van der Waals surface area contributed by atoms with E-state index in [0.717, 1.165) is 26.2 Å². The number of para-hydroxylation sites is 2. The molecule has 14 nitrogen and oxygen atoms in total. The third-order valence-corrected chi connectivity index (χ3v) is 8.49. The molecule has 2 fully saturated rings. The number of hydrogen-bond acceptors (Lipinski definition) is 9. The van der Waals surface area contributed by atoms with Gasteiger partial charge in [0.1, 0.15) is 11.4 Å². The molecule has 0 aromatic heterocycles. The lowest BCUT2D eigenvalue weighted by atomic mass is 10.2. The highest BCUT2D eigenvalue weighted by Gasteiger charge is 2.33. The lowest BCUT2D eigenvalue weighted by Crippen LogP contribution is -3.10. The predicted octanol–water partition coefficient (Wildman–Crippen LogP) is -2.35. The van der Waals surface area contributed by atoms with E-state index in [9.17, 15) is 23.5 Å². The predicted molar refractivity (Wildman–Crippen MR) is 131 cm³/mol. The maximum Gasteiger partial charge on any atom is 0.484 e. The molecule has 17 heteroatoms. The van der Waals surface area contributed by atoms with Crippen LogP contribution in [0.4, 0.5) is 11.4 Å². The van der Waals surface area contributed by atoms with Crippen LogP contribution < -0.4 is 30.2 Å². The molecule has 0 bridgehead atoms. The first-order chi connectivity index (χ1) is 17.3. The Morgan fingerprint density at radius 3 is 1.30 bits per heavy atom. The monoisotopic (exact) mass is 582 g/mol. The molecule has 2 aliphatic heterocycles. The molecule has 0 aliphatic carbocycles. The summed E-state index contributed by atoms with van der Waals surface area (Å²) in [6, 6.07) is 21.4. The molecular weight excluding hydrogens is 549 g/mol. The minimum absolute atomic E-state index is 1.14. The summed E-state index contributed by atoms with van der Waals surface area (Å²) in [6.45, 7) is 9.42. The summed E-state index contributed by atoms with van der Waals surface area (Å²) in [5.74, 6) is 0. The van der Waals surface area contributed by atoms with E-state index in [2.05, 4.69) is 79.9 Å². The van der Waals surface area contributed by atoms with Crippen molar-refractivity contribution in [2.45, 2.75) is 0 Å². The van der Waals surface area contributed by atoms with Gasteiger partial charge in [0.05, 0.1) is 34.0 Å². The highest BCUT2D eigenvalue weighted by Crippen LogP contribution is 2.62. The molecular formula is C20H33N4O10P3. The van der Waals surface area contributed by atoms with Crippen LogP contribution >= 0.6 is 23.5 Å². The lowest BCUT2D eigenvalue weighted by Gasteiger charge is -2.29. The summed E-state index contributed by atoms with van der Waals surface area (Å²) < 4.78 is 35.7. The molecule has 7 N–H and O–H groups in total. The Morgan fingerprint density at radius 1 is 0.649 bits per heavy atom. The third-order valence-electron chi connectivity index (χ3n) is 5.19. The summed E-state index contributed by atoms with van der Waals surface area (Å²) in [5, 5.41) is 6.73. The number of rotatable bonds is 6. The zero-order chi connectivity index (χ0) is 27.4. The van der Waals surface area contributed by atoms with Crippen molar-refractivity contribution < 1.29 is 56.6 Å². The molecule has 2 saturated heterocycles. The van der Waals surface area contributed by atoms with Crippen molar-refractivity contribution in [1.29, 1.82) is 0 Å². The van der Waals surface area contributed by atoms with E-state index < -0.39 is 23.5 Å². The van der Waals surface area contributed by atoms with Crippen molar-refractivity contribution in [3.05, 3.63) is 60.7 Å². The van der Waals surface area contributed by atoms with Gasteiger partial charge in [-0.2, -0.15) is 4.31 Å². The minimum Gasteiger partial charge on any atom is -0.789 e. The fraction of sp³-hybridized carbons (Fsp3) is 0.400. The summed E-state index contributed by atoms with van der Waals surface area (Å²) in [7, 11) is -16.9. The Balaban J connectivity index is 0.000000195. The third kappa shape index (κ3) is 14.4. The highest BCUT2D eigenvalue weighted by molar-refractivity contribution is 7.65. The quantitative estimate of drug-likeness (QED) is 0.179. The van der Waals surface area contributed by atoms with Gasteiger partial charge in [0.25, 0.3) is 0 Å². The number of piperazine rings is 2. The van der Waals surface area contributed by atoms with Crippen LogP contribution in [-0.2, 0) is 22.3 Å². The van der Waals surface area contributed by atoms with E-state index in [-0.39, 0.29) is 0 Å². The van der Waals surface area contributed by atoms with Crippen molar-refractivity contribution in [2.75, 3.05) is 52.4 Å². The van der Waals surface area contributed by atoms with Crippen LogP contribution in [0.1, 0.15) is 0 Å². The van der Waals surface area contributed by atoms with Crippen molar-refractivity contribution in [3.8, 4) is 0 Å². The van der Waals surface area contributed by atoms with Crippen molar-refractivity contribution in [2.24, 2.45) is 0 Å². The van der Waals surface area contributed by atoms with Crippen LogP contribution in [0, 0.1) is 0 Å². The van der Waals surface area contributed by atoms with Gasteiger partial charge in [-0.3, -0.25) is 4.31 Å². The van der Waals surface area contributed by atoms with Gasteiger partial charge in [0.15, 0.2) is 0 Å². The lowest BCUT2D eigenvalue weighted by molar-refractivity contribution is -0.835. The normalized spacial score (nSPS) is 18.9. The molecule has 2 aromatic rings. The maximum absolute atomic E-state index is 10.3. The van der Waals surface area contributed by atoms with Gasteiger partial charge in [-0.15, -0.1) is 0 Å². The topological polar surface area (TPSA) is 209 Å². The van der Waals surface area contributed by atoms with Crippen LogP contribution in [0.15, 0.2) is 60.7 Å². The molecule has 0 amide bonds. The van der Waals surface area contributed by atoms with Gasteiger partial charge in [0, 0.05) is 26.2 Å². The number of nitrogens with one attached hydrogen (secondary N) is 4.